The molecule has 0 aliphatic heterocycles. The van der Waals surface area contributed by atoms with Crippen molar-refractivity contribution in [3.8, 4) is 17.3 Å². The fourth-order valence-electron chi connectivity index (χ4n) is 3.70. The van der Waals surface area contributed by atoms with Crippen LogP contribution in [0.5, 0.6) is 0 Å². The maximum absolute atomic E-state index is 12.3. The molecule has 9 nitrogen and oxygen atoms in total. The van der Waals surface area contributed by atoms with E-state index in [-0.39, 0.29) is 12.5 Å². The highest BCUT2D eigenvalue weighted by Crippen LogP contribution is 2.45. The molecule has 156 valence electrons. The van der Waals surface area contributed by atoms with Gasteiger partial charge < -0.3 is 20.1 Å². The summed E-state index contributed by atoms with van der Waals surface area (Å²) in [4.78, 5) is 32.6. The number of fused-ring (bicyclic) bond motifs is 1. The third-order valence-electron chi connectivity index (χ3n) is 5.61. The highest BCUT2D eigenvalue weighted by Gasteiger charge is 2.55. The number of para-hydroxylation sites is 1. The van der Waals surface area contributed by atoms with E-state index in [1.807, 2.05) is 47.0 Å². The van der Waals surface area contributed by atoms with Crippen LogP contribution >= 0.6 is 0 Å². The number of pyridine rings is 1. The molecule has 2 amide bonds. The number of carbonyl (C=O) groups is 2. The van der Waals surface area contributed by atoms with Gasteiger partial charge in [0.25, 0.3) is 5.89 Å². The van der Waals surface area contributed by atoms with Gasteiger partial charge in [0.2, 0.25) is 11.8 Å². The normalized spacial score (nSPS) is 14.5. The predicted octanol–water partition coefficient (Wildman–Crippen LogP) is 2.27. The number of carbonyl (C=O) groups excluding carboxylic acids is 2. The first kappa shape index (κ1) is 19.0. The third-order valence-corrected chi connectivity index (χ3v) is 5.61. The molecule has 3 heterocycles. The summed E-state index contributed by atoms with van der Waals surface area (Å²) in [6.07, 6.45) is 2.72. The zero-order valence-electron chi connectivity index (χ0n) is 16.8. The highest BCUT2D eigenvalue weighted by molar-refractivity contribution is 6.07. The molecule has 0 spiro atoms. The van der Waals surface area contributed by atoms with Crippen LogP contribution in [0.4, 0.5) is 0 Å². The van der Waals surface area contributed by atoms with Crippen molar-refractivity contribution < 1.29 is 14.1 Å². The number of rotatable bonds is 6. The van der Waals surface area contributed by atoms with Crippen molar-refractivity contribution in [2.24, 2.45) is 11.1 Å². The van der Waals surface area contributed by atoms with E-state index in [0.29, 0.717) is 30.3 Å². The molecular formula is C22H20N6O3. The third kappa shape index (κ3) is 3.24. The van der Waals surface area contributed by atoms with Crippen molar-refractivity contribution in [1.29, 1.82) is 0 Å². The number of primary amides is 1. The van der Waals surface area contributed by atoms with Crippen LogP contribution in [0.3, 0.4) is 0 Å². The van der Waals surface area contributed by atoms with Gasteiger partial charge in [0.1, 0.15) is 11.1 Å². The second-order valence-corrected chi connectivity index (χ2v) is 7.71. The highest BCUT2D eigenvalue weighted by atomic mass is 16.5. The van der Waals surface area contributed by atoms with Gasteiger partial charge >= 0.3 is 0 Å². The summed E-state index contributed by atoms with van der Waals surface area (Å²) in [6, 6.07) is 13.7. The van der Waals surface area contributed by atoms with Crippen LogP contribution in [0.1, 0.15) is 24.4 Å². The van der Waals surface area contributed by atoms with Gasteiger partial charge in [-0.3, -0.25) is 14.6 Å². The van der Waals surface area contributed by atoms with Crippen molar-refractivity contribution in [3.05, 3.63) is 60.2 Å². The lowest BCUT2D eigenvalue weighted by Crippen LogP contribution is -2.40. The van der Waals surface area contributed by atoms with Gasteiger partial charge in [-0.15, -0.1) is 0 Å². The Labute approximate surface area is 177 Å². The molecule has 0 saturated heterocycles. The van der Waals surface area contributed by atoms with Crippen LogP contribution in [0, 0.1) is 12.3 Å². The molecule has 1 fully saturated rings. The minimum absolute atomic E-state index is 0.219. The minimum atomic E-state index is -1.04. The van der Waals surface area contributed by atoms with Gasteiger partial charge in [-0.25, -0.2) is 0 Å². The molecule has 9 heteroatoms. The topological polar surface area (TPSA) is 129 Å². The minimum Gasteiger partial charge on any atom is -0.369 e. The van der Waals surface area contributed by atoms with Gasteiger partial charge in [0, 0.05) is 5.39 Å². The number of amides is 2. The Bertz CT molecular complexity index is 1300. The second kappa shape index (κ2) is 7.05. The first-order chi connectivity index (χ1) is 15.0. The second-order valence-electron chi connectivity index (χ2n) is 7.71. The van der Waals surface area contributed by atoms with Gasteiger partial charge in [0.05, 0.1) is 29.6 Å². The fourth-order valence-corrected chi connectivity index (χ4v) is 3.70. The number of nitrogens with zero attached hydrogens (tertiary/aromatic N) is 4. The van der Waals surface area contributed by atoms with Crippen LogP contribution in [0.2, 0.25) is 0 Å². The molecule has 1 aromatic carbocycles. The monoisotopic (exact) mass is 416 g/mol. The molecule has 1 aliphatic carbocycles. The van der Waals surface area contributed by atoms with Crippen molar-refractivity contribution in [3.63, 3.8) is 0 Å². The van der Waals surface area contributed by atoms with E-state index >= 15 is 0 Å². The SMILES string of the molecule is Cc1noc(-c2cc3ccccc3n2-c2ccc(CNC(=O)C3(C(N)=O)CC3)nc2)n1. The fraction of sp³-hybridized carbons (Fsp3) is 0.227. The summed E-state index contributed by atoms with van der Waals surface area (Å²) in [5.74, 6) is 0.0690. The summed E-state index contributed by atoms with van der Waals surface area (Å²) < 4.78 is 7.40. The van der Waals surface area contributed by atoms with E-state index in [1.165, 1.54) is 0 Å². The van der Waals surface area contributed by atoms with E-state index in [0.717, 1.165) is 22.3 Å². The van der Waals surface area contributed by atoms with E-state index < -0.39 is 11.3 Å². The molecule has 5 rings (SSSR count). The molecule has 0 bridgehead atoms. The van der Waals surface area contributed by atoms with Crippen LogP contribution in [-0.2, 0) is 16.1 Å². The molecule has 31 heavy (non-hydrogen) atoms. The summed E-state index contributed by atoms with van der Waals surface area (Å²) in [6.45, 7) is 1.99. The van der Waals surface area contributed by atoms with Gasteiger partial charge in [-0.05, 0) is 44.0 Å². The van der Waals surface area contributed by atoms with Crippen LogP contribution in [0.15, 0.2) is 53.2 Å². The quantitative estimate of drug-likeness (QED) is 0.464. The van der Waals surface area contributed by atoms with E-state index in [9.17, 15) is 9.59 Å². The summed E-state index contributed by atoms with van der Waals surface area (Å²) in [7, 11) is 0. The van der Waals surface area contributed by atoms with E-state index in [2.05, 4.69) is 20.4 Å². The number of benzene rings is 1. The summed E-state index contributed by atoms with van der Waals surface area (Å²) in [5.41, 5.74) is 7.54. The van der Waals surface area contributed by atoms with Crippen molar-refractivity contribution in [1.82, 2.24) is 25.0 Å². The smallest absolute Gasteiger partial charge is 0.274 e. The standard InChI is InChI=1S/C22H20N6O3/c1-13-26-19(31-27-13)18-10-14-4-2-3-5-17(14)28(18)16-7-6-15(24-12-16)11-25-21(30)22(8-9-22)20(23)29/h2-7,10,12H,8-9,11H2,1H3,(H2,23,29)(H,25,30). The first-order valence-electron chi connectivity index (χ1n) is 9.93. The van der Waals surface area contributed by atoms with Gasteiger partial charge in [0.15, 0.2) is 5.82 Å². The molecule has 1 aliphatic rings. The number of hydrogen-bond donors (Lipinski definition) is 2. The van der Waals surface area contributed by atoms with Crippen molar-refractivity contribution in [2.75, 3.05) is 0 Å². The lowest BCUT2D eigenvalue weighted by molar-refractivity contribution is -0.135. The zero-order chi connectivity index (χ0) is 21.6. The zero-order valence-corrected chi connectivity index (χ0v) is 16.8. The van der Waals surface area contributed by atoms with E-state index in [1.54, 1.807) is 13.1 Å². The number of nitrogens with two attached hydrogens (primary N) is 1. The molecule has 0 radical (unpaired) electrons. The Hall–Kier alpha value is -4.01. The lowest BCUT2D eigenvalue weighted by atomic mass is 10.1. The Morgan fingerprint density at radius 3 is 2.68 bits per heavy atom. The Balaban J connectivity index is 1.43. The molecular weight excluding hydrogens is 396 g/mol. The number of aryl methyl sites for hydroxylation is 1. The molecule has 0 atom stereocenters. The average Bonchev–Trinajstić information content (AvgIpc) is 3.35. The average molecular weight is 416 g/mol. The van der Waals surface area contributed by atoms with Crippen molar-refractivity contribution in [2.45, 2.75) is 26.3 Å². The summed E-state index contributed by atoms with van der Waals surface area (Å²) >= 11 is 0. The van der Waals surface area contributed by atoms with Gasteiger partial charge in [-0.1, -0.05) is 23.4 Å². The van der Waals surface area contributed by atoms with Gasteiger partial charge in [-0.2, -0.15) is 4.98 Å². The molecule has 3 N–H and O–H groups in total. The summed E-state index contributed by atoms with van der Waals surface area (Å²) in [5, 5.41) is 7.70. The largest absolute Gasteiger partial charge is 0.369 e. The Morgan fingerprint density at radius 1 is 1.23 bits per heavy atom. The molecule has 0 unspecified atom stereocenters. The Morgan fingerprint density at radius 2 is 2.03 bits per heavy atom. The Kier molecular flexibility index (Phi) is 4.32. The van der Waals surface area contributed by atoms with Crippen LogP contribution < -0.4 is 11.1 Å². The first-order valence-corrected chi connectivity index (χ1v) is 9.93. The predicted molar refractivity (Wildman–Crippen MR) is 112 cm³/mol. The molecule has 4 aromatic rings. The van der Waals surface area contributed by atoms with Crippen LogP contribution in [0.25, 0.3) is 28.2 Å². The number of nitrogens with one attached hydrogen (secondary N) is 1. The molecule has 1 saturated carbocycles. The lowest BCUT2D eigenvalue weighted by Gasteiger charge is -2.12. The van der Waals surface area contributed by atoms with E-state index in [4.69, 9.17) is 10.3 Å². The number of hydrogen-bond acceptors (Lipinski definition) is 6. The maximum Gasteiger partial charge on any atom is 0.274 e. The number of aromatic nitrogens is 4. The maximum atomic E-state index is 12.3. The van der Waals surface area contributed by atoms with Crippen molar-refractivity contribution >= 4 is 22.7 Å². The molecule has 3 aromatic heterocycles. The van der Waals surface area contributed by atoms with Crippen LogP contribution in [-0.4, -0.2) is 31.5 Å².